The smallest absolute Gasteiger partial charge is 0.120 e. The highest BCUT2D eigenvalue weighted by Crippen LogP contribution is 2.02. The van der Waals surface area contributed by atoms with Gasteiger partial charge in [0.25, 0.3) is 0 Å². The van der Waals surface area contributed by atoms with E-state index in [0.29, 0.717) is 12.8 Å². The van der Waals surface area contributed by atoms with Gasteiger partial charge in [0, 0.05) is 19.7 Å². The molecular formula is C12H16N2O. The summed E-state index contributed by atoms with van der Waals surface area (Å²) in [5, 5.41) is 6.07. The summed E-state index contributed by atoms with van der Waals surface area (Å²) in [5.74, 6) is 0. The number of unbranched alkanes of at least 4 members (excludes halogenated alkanes) is 1. The minimum Gasteiger partial charge on any atom is -0.303 e. The normalized spacial score (nSPS) is 10.5. The van der Waals surface area contributed by atoms with Crippen molar-refractivity contribution in [3.63, 3.8) is 0 Å². The van der Waals surface area contributed by atoms with E-state index in [0.717, 1.165) is 12.8 Å². The summed E-state index contributed by atoms with van der Waals surface area (Å²) in [6.45, 7) is 0.790. The van der Waals surface area contributed by atoms with Gasteiger partial charge in [-0.1, -0.05) is 30.3 Å². The Bertz CT molecular complexity index is 309. The van der Waals surface area contributed by atoms with Crippen LogP contribution in [0.2, 0.25) is 0 Å². The Morgan fingerprint density at radius 3 is 2.67 bits per heavy atom. The summed E-state index contributed by atoms with van der Waals surface area (Å²) in [5.41, 5.74) is 1.23. The van der Waals surface area contributed by atoms with Gasteiger partial charge >= 0.3 is 0 Å². The van der Waals surface area contributed by atoms with Gasteiger partial charge in [0.15, 0.2) is 0 Å². The monoisotopic (exact) mass is 204 g/mol. The molecule has 0 saturated heterocycles. The van der Waals surface area contributed by atoms with Crippen LogP contribution in [0.5, 0.6) is 0 Å². The fourth-order valence-electron chi connectivity index (χ4n) is 1.23. The maximum atomic E-state index is 10.1. The largest absolute Gasteiger partial charge is 0.303 e. The topological polar surface area (TPSA) is 32.7 Å². The Kier molecular flexibility index (Phi) is 5.15. The van der Waals surface area contributed by atoms with Crippen LogP contribution in [0, 0.1) is 0 Å². The standard InChI is InChI=1S/C12H16N2O/c1-14(13-9-5-6-10-15)11-12-7-3-2-4-8-12/h2-4,7-10H,5-6,11H2,1H3. The molecule has 1 aromatic rings. The van der Waals surface area contributed by atoms with Crippen molar-refractivity contribution in [2.75, 3.05) is 7.05 Å². The van der Waals surface area contributed by atoms with Gasteiger partial charge in [-0.3, -0.25) is 5.01 Å². The fourth-order valence-corrected chi connectivity index (χ4v) is 1.23. The third-order valence-electron chi connectivity index (χ3n) is 1.95. The Hall–Kier alpha value is -1.64. The number of nitrogens with zero attached hydrogens (tertiary/aromatic N) is 2. The molecule has 1 aromatic carbocycles. The van der Waals surface area contributed by atoms with Crippen molar-refractivity contribution in [3.8, 4) is 0 Å². The molecule has 0 N–H and O–H groups in total. The number of carbonyl (C=O) groups is 1. The van der Waals surface area contributed by atoms with E-state index in [1.54, 1.807) is 6.21 Å². The number of rotatable bonds is 6. The maximum absolute atomic E-state index is 10.1. The Balaban J connectivity index is 2.32. The number of benzene rings is 1. The van der Waals surface area contributed by atoms with Crippen LogP contribution in [0.15, 0.2) is 35.4 Å². The molecule has 0 fully saturated rings. The lowest BCUT2D eigenvalue weighted by molar-refractivity contribution is -0.107. The second-order valence-electron chi connectivity index (χ2n) is 3.34. The molecule has 0 aromatic heterocycles. The van der Waals surface area contributed by atoms with Crippen molar-refractivity contribution in [2.24, 2.45) is 5.10 Å². The Morgan fingerprint density at radius 1 is 1.27 bits per heavy atom. The first-order valence-electron chi connectivity index (χ1n) is 5.04. The lowest BCUT2D eigenvalue weighted by Crippen LogP contribution is -2.10. The molecule has 0 atom stereocenters. The highest BCUT2D eigenvalue weighted by atomic mass is 16.1. The second-order valence-corrected chi connectivity index (χ2v) is 3.34. The third-order valence-corrected chi connectivity index (χ3v) is 1.95. The molecule has 3 nitrogen and oxygen atoms in total. The SMILES string of the molecule is CN(Cc1ccccc1)N=CCCC=O. The summed E-state index contributed by atoms with van der Waals surface area (Å²) < 4.78 is 0. The molecule has 1 rings (SSSR count). The summed E-state index contributed by atoms with van der Waals surface area (Å²) in [6.07, 6.45) is 3.94. The first kappa shape index (κ1) is 11.4. The Morgan fingerprint density at radius 2 is 2.00 bits per heavy atom. The zero-order valence-electron chi connectivity index (χ0n) is 8.97. The molecule has 0 amide bonds. The van der Waals surface area contributed by atoms with Gasteiger partial charge in [0.1, 0.15) is 6.29 Å². The van der Waals surface area contributed by atoms with E-state index >= 15 is 0 Å². The van der Waals surface area contributed by atoms with Crippen LogP contribution in [-0.4, -0.2) is 24.6 Å². The van der Waals surface area contributed by atoms with Gasteiger partial charge in [-0.15, -0.1) is 0 Å². The van der Waals surface area contributed by atoms with E-state index in [1.165, 1.54) is 5.56 Å². The van der Waals surface area contributed by atoms with E-state index in [2.05, 4.69) is 17.2 Å². The fraction of sp³-hybridized carbons (Fsp3) is 0.333. The summed E-state index contributed by atoms with van der Waals surface area (Å²) >= 11 is 0. The zero-order chi connectivity index (χ0) is 10.9. The molecule has 0 radical (unpaired) electrons. The van der Waals surface area contributed by atoms with Gasteiger partial charge in [-0.25, -0.2) is 0 Å². The van der Waals surface area contributed by atoms with Crippen molar-refractivity contribution in [1.29, 1.82) is 0 Å². The van der Waals surface area contributed by atoms with Gasteiger partial charge in [-0.2, -0.15) is 5.10 Å². The van der Waals surface area contributed by atoms with Crippen LogP contribution < -0.4 is 0 Å². The highest BCUT2D eigenvalue weighted by molar-refractivity contribution is 5.62. The molecule has 0 spiro atoms. The first-order chi connectivity index (χ1) is 7.33. The average Bonchev–Trinajstić information content (AvgIpc) is 2.26. The second kappa shape index (κ2) is 6.76. The van der Waals surface area contributed by atoms with E-state index in [9.17, 15) is 4.79 Å². The minimum absolute atomic E-state index is 0.544. The molecule has 0 aliphatic rings. The van der Waals surface area contributed by atoms with Crippen LogP contribution in [0.1, 0.15) is 18.4 Å². The van der Waals surface area contributed by atoms with Crippen molar-refractivity contribution in [1.82, 2.24) is 5.01 Å². The lowest BCUT2D eigenvalue weighted by Gasteiger charge is -2.12. The maximum Gasteiger partial charge on any atom is 0.120 e. The van der Waals surface area contributed by atoms with Crippen molar-refractivity contribution in [2.45, 2.75) is 19.4 Å². The van der Waals surface area contributed by atoms with Crippen LogP contribution in [0.25, 0.3) is 0 Å². The average molecular weight is 204 g/mol. The third kappa shape index (κ3) is 4.96. The molecular weight excluding hydrogens is 188 g/mol. The number of aldehydes is 1. The summed E-state index contributed by atoms with van der Waals surface area (Å²) in [6, 6.07) is 10.2. The number of hydrogen-bond donors (Lipinski definition) is 0. The number of hydrogen-bond acceptors (Lipinski definition) is 3. The van der Waals surface area contributed by atoms with Gasteiger partial charge in [0.2, 0.25) is 0 Å². The summed E-state index contributed by atoms with van der Waals surface area (Å²) in [4.78, 5) is 10.1. The minimum atomic E-state index is 0.544. The molecule has 80 valence electrons. The number of carbonyl (C=O) groups excluding carboxylic acids is 1. The molecule has 0 saturated carbocycles. The predicted octanol–water partition coefficient (Wildman–Crippen LogP) is 2.08. The molecule has 0 bridgehead atoms. The first-order valence-corrected chi connectivity index (χ1v) is 5.04. The Labute approximate surface area is 90.4 Å². The van der Waals surface area contributed by atoms with Crippen LogP contribution in [-0.2, 0) is 11.3 Å². The van der Waals surface area contributed by atoms with Crippen LogP contribution in [0.3, 0.4) is 0 Å². The van der Waals surface area contributed by atoms with E-state index in [4.69, 9.17) is 0 Å². The predicted molar refractivity (Wildman–Crippen MR) is 61.7 cm³/mol. The molecule has 0 aliphatic carbocycles. The molecule has 0 unspecified atom stereocenters. The molecule has 15 heavy (non-hydrogen) atoms. The van der Waals surface area contributed by atoms with Crippen LogP contribution in [0.4, 0.5) is 0 Å². The quantitative estimate of drug-likeness (QED) is 0.307. The highest BCUT2D eigenvalue weighted by Gasteiger charge is 1.94. The van der Waals surface area contributed by atoms with Gasteiger partial charge in [0.05, 0.1) is 6.54 Å². The van der Waals surface area contributed by atoms with Gasteiger partial charge < -0.3 is 4.79 Å². The van der Waals surface area contributed by atoms with E-state index < -0.39 is 0 Å². The van der Waals surface area contributed by atoms with Crippen LogP contribution >= 0.6 is 0 Å². The summed E-state index contributed by atoms with van der Waals surface area (Å²) in [7, 11) is 1.92. The molecule has 0 aliphatic heterocycles. The van der Waals surface area contributed by atoms with Crippen molar-refractivity contribution in [3.05, 3.63) is 35.9 Å². The van der Waals surface area contributed by atoms with Gasteiger partial charge in [-0.05, 0) is 12.0 Å². The van der Waals surface area contributed by atoms with Crippen molar-refractivity contribution < 1.29 is 4.79 Å². The van der Waals surface area contributed by atoms with E-state index in [-0.39, 0.29) is 0 Å². The zero-order valence-corrected chi connectivity index (χ0v) is 8.97. The number of hydrazone groups is 1. The molecule has 0 heterocycles. The van der Waals surface area contributed by atoms with E-state index in [1.807, 2.05) is 30.3 Å². The van der Waals surface area contributed by atoms with Crippen molar-refractivity contribution >= 4 is 12.5 Å². The lowest BCUT2D eigenvalue weighted by atomic mass is 10.2. The molecule has 3 heteroatoms.